The van der Waals surface area contributed by atoms with Crippen molar-refractivity contribution < 1.29 is 23.9 Å². The molecule has 2 amide bonds. The lowest BCUT2D eigenvalue weighted by Gasteiger charge is -2.43. The number of nitrogens with zero attached hydrogens (tertiary/aromatic N) is 1. The number of rotatable bonds is 5. The van der Waals surface area contributed by atoms with E-state index in [1.54, 1.807) is 44.6 Å². The zero-order valence-corrected chi connectivity index (χ0v) is 19.3. The second-order valence-electron chi connectivity index (χ2n) is 9.25. The van der Waals surface area contributed by atoms with Crippen molar-refractivity contribution in [2.45, 2.75) is 39.0 Å². The Balaban J connectivity index is 1.97. The fourth-order valence-electron chi connectivity index (χ4n) is 5.02. The van der Waals surface area contributed by atoms with Gasteiger partial charge in [0.1, 0.15) is 0 Å². The Labute approximate surface area is 193 Å². The molecule has 172 valence electrons. The third kappa shape index (κ3) is 3.88. The minimum atomic E-state index is -0.626. The monoisotopic (exact) mass is 448 g/mol. The molecule has 2 aromatic rings. The Morgan fingerprint density at radius 3 is 2.42 bits per heavy atom. The first-order valence-electron chi connectivity index (χ1n) is 10.9. The SMILES string of the molecule is COc1cccc(C2CC(=O)N(c3ccccc3C(N)=O)C3=C2C(=O)CC(C)(C)C3)c1OC. The summed E-state index contributed by atoms with van der Waals surface area (Å²) in [6.07, 6.45) is 0.936. The zero-order valence-electron chi connectivity index (χ0n) is 19.3. The highest BCUT2D eigenvalue weighted by atomic mass is 16.5. The standard InChI is InChI=1S/C26H28N2O5/c1-26(2)13-19-23(20(29)14-26)17(15-9-7-11-21(32-3)24(15)33-4)12-22(30)28(19)18-10-6-5-8-16(18)25(27)31/h5-11,17H,12-14H2,1-4H3,(H2,27,31). The molecular formula is C26H28N2O5. The van der Waals surface area contributed by atoms with E-state index in [1.807, 2.05) is 26.0 Å². The number of Topliss-reactive ketones (excluding diaryl/α,β-unsaturated/α-hetero) is 1. The molecule has 0 aromatic heterocycles. The molecule has 1 aliphatic heterocycles. The summed E-state index contributed by atoms with van der Waals surface area (Å²) in [4.78, 5) is 40.8. The van der Waals surface area contributed by atoms with Crippen LogP contribution in [0.1, 0.15) is 54.9 Å². The molecule has 1 atom stereocenters. The molecule has 7 nitrogen and oxygen atoms in total. The summed E-state index contributed by atoms with van der Waals surface area (Å²) in [6, 6.07) is 12.2. The summed E-state index contributed by atoms with van der Waals surface area (Å²) >= 11 is 0. The van der Waals surface area contributed by atoms with Gasteiger partial charge in [-0.05, 0) is 30.0 Å². The van der Waals surface area contributed by atoms with Crippen molar-refractivity contribution in [3.05, 3.63) is 64.9 Å². The molecule has 2 aromatic carbocycles. The molecule has 0 bridgehead atoms. The molecule has 33 heavy (non-hydrogen) atoms. The van der Waals surface area contributed by atoms with Gasteiger partial charge < -0.3 is 15.2 Å². The summed E-state index contributed by atoms with van der Waals surface area (Å²) in [6.45, 7) is 4.01. The average molecular weight is 449 g/mol. The first-order valence-corrected chi connectivity index (χ1v) is 10.9. The van der Waals surface area contributed by atoms with Gasteiger partial charge in [0.15, 0.2) is 17.3 Å². The molecule has 2 N–H and O–H groups in total. The number of carbonyl (C=O) groups is 3. The fraction of sp³-hybridized carbons (Fsp3) is 0.346. The van der Waals surface area contributed by atoms with Crippen molar-refractivity contribution in [1.29, 1.82) is 0 Å². The number of methoxy groups -OCH3 is 2. The Bertz CT molecular complexity index is 1180. The van der Waals surface area contributed by atoms with E-state index in [0.717, 1.165) is 5.56 Å². The number of primary amides is 1. The van der Waals surface area contributed by atoms with Crippen molar-refractivity contribution in [3.63, 3.8) is 0 Å². The number of amides is 2. The molecule has 0 saturated heterocycles. The highest BCUT2D eigenvalue weighted by Crippen LogP contribution is 2.50. The molecule has 0 fully saturated rings. The van der Waals surface area contributed by atoms with E-state index < -0.39 is 11.8 Å². The van der Waals surface area contributed by atoms with Gasteiger partial charge in [-0.25, -0.2) is 0 Å². The minimum Gasteiger partial charge on any atom is -0.493 e. The molecule has 7 heteroatoms. The van der Waals surface area contributed by atoms with Crippen LogP contribution in [0, 0.1) is 5.41 Å². The highest BCUT2D eigenvalue weighted by molar-refractivity contribution is 6.11. The Kier molecular flexibility index (Phi) is 5.74. The van der Waals surface area contributed by atoms with E-state index in [4.69, 9.17) is 15.2 Å². The maximum absolute atomic E-state index is 13.6. The van der Waals surface area contributed by atoms with Gasteiger partial charge in [0.25, 0.3) is 5.91 Å². The lowest BCUT2D eigenvalue weighted by atomic mass is 9.69. The van der Waals surface area contributed by atoms with Crippen LogP contribution in [-0.2, 0) is 9.59 Å². The molecule has 0 saturated carbocycles. The van der Waals surface area contributed by atoms with Crippen LogP contribution < -0.4 is 20.1 Å². The summed E-state index contributed by atoms with van der Waals surface area (Å²) in [5, 5.41) is 0. The first-order chi connectivity index (χ1) is 15.7. The smallest absolute Gasteiger partial charge is 0.250 e. The van der Waals surface area contributed by atoms with Crippen LogP contribution in [0.3, 0.4) is 0 Å². The number of allylic oxidation sites excluding steroid dienone is 2. The zero-order chi connectivity index (χ0) is 23.9. The molecule has 2 aliphatic rings. The Hall–Kier alpha value is -3.61. The maximum Gasteiger partial charge on any atom is 0.250 e. The topological polar surface area (TPSA) is 98.9 Å². The van der Waals surface area contributed by atoms with Gasteiger partial charge in [0, 0.05) is 35.6 Å². The fourth-order valence-corrected chi connectivity index (χ4v) is 5.02. The lowest BCUT2D eigenvalue weighted by molar-refractivity contribution is -0.121. The molecule has 1 aliphatic carbocycles. The number of para-hydroxylation sites is 2. The van der Waals surface area contributed by atoms with Gasteiger partial charge in [-0.3, -0.25) is 19.3 Å². The molecule has 0 spiro atoms. The van der Waals surface area contributed by atoms with E-state index in [9.17, 15) is 14.4 Å². The van der Waals surface area contributed by atoms with Gasteiger partial charge in [-0.2, -0.15) is 0 Å². The molecule has 0 radical (unpaired) electrons. The predicted octanol–water partition coefficient (Wildman–Crippen LogP) is 3.97. The average Bonchev–Trinajstić information content (AvgIpc) is 2.76. The van der Waals surface area contributed by atoms with Crippen molar-refractivity contribution in [2.24, 2.45) is 11.1 Å². The van der Waals surface area contributed by atoms with Gasteiger partial charge in [0.05, 0.1) is 25.5 Å². The normalized spacial score (nSPS) is 19.9. The summed E-state index contributed by atoms with van der Waals surface area (Å²) in [5.74, 6) is -0.271. The molecular weight excluding hydrogens is 420 g/mol. The van der Waals surface area contributed by atoms with Crippen LogP contribution in [0.4, 0.5) is 5.69 Å². The van der Waals surface area contributed by atoms with Gasteiger partial charge in [-0.1, -0.05) is 38.1 Å². The third-order valence-corrected chi connectivity index (χ3v) is 6.36. The van der Waals surface area contributed by atoms with Crippen molar-refractivity contribution in [1.82, 2.24) is 0 Å². The van der Waals surface area contributed by atoms with Crippen LogP contribution in [0.25, 0.3) is 0 Å². The van der Waals surface area contributed by atoms with Crippen molar-refractivity contribution in [2.75, 3.05) is 19.1 Å². The van der Waals surface area contributed by atoms with Gasteiger partial charge in [-0.15, -0.1) is 0 Å². The molecule has 1 heterocycles. The Morgan fingerprint density at radius 2 is 1.76 bits per heavy atom. The van der Waals surface area contributed by atoms with Crippen LogP contribution in [-0.4, -0.2) is 31.8 Å². The number of hydrogen-bond donors (Lipinski definition) is 1. The number of ether oxygens (including phenoxy) is 2. The van der Waals surface area contributed by atoms with E-state index in [1.165, 1.54) is 4.90 Å². The number of benzene rings is 2. The van der Waals surface area contributed by atoms with E-state index in [-0.39, 0.29) is 29.1 Å². The lowest BCUT2D eigenvalue weighted by Crippen LogP contribution is -2.44. The van der Waals surface area contributed by atoms with Crippen molar-refractivity contribution in [3.8, 4) is 11.5 Å². The molecule has 1 unspecified atom stereocenters. The summed E-state index contributed by atoms with van der Waals surface area (Å²) in [7, 11) is 3.09. The number of carbonyl (C=O) groups excluding carboxylic acids is 3. The van der Waals surface area contributed by atoms with Gasteiger partial charge >= 0.3 is 0 Å². The number of nitrogens with two attached hydrogens (primary N) is 1. The minimum absolute atomic E-state index is 0.00909. The van der Waals surface area contributed by atoms with Crippen LogP contribution in [0.15, 0.2) is 53.7 Å². The quantitative estimate of drug-likeness (QED) is 0.746. The maximum atomic E-state index is 13.6. The largest absolute Gasteiger partial charge is 0.493 e. The van der Waals surface area contributed by atoms with Crippen LogP contribution in [0.2, 0.25) is 0 Å². The second kappa shape index (κ2) is 8.39. The second-order valence-corrected chi connectivity index (χ2v) is 9.25. The third-order valence-electron chi connectivity index (χ3n) is 6.36. The van der Waals surface area contributed by atoms with E-state index >= 15 is 0 Å². The number of ketones is 1. The predicted molar refractivity (Wildman–Crippen MR) is 124 cm³/mol. The van der Waals surface area contributed by atoms with Crippen LogP contribution in [0.5, 0.6) is 11.5 Å². The Morgan fingerprint density at radius 1 is 1.03 bits per heavy atom. The highest BCUT2D eigenvalue weighted by Gasteiger charge is 2.45. The van der Waals surface area contributed by atoms with E-state index in [2.05, 4.69) is 0 Å². The first kappa shape index (κ1) is 22.6. The van der Waals surface area contributed by atoms with Crippen molar-refractivity contribution >= 4 is 23.3 Å². The summed E-state index contributed by atoms with van der Waals surface area (Å²) in [5.41, 5.74) is 7.86. The van der Waals surface area contributed by atoms with Crippen LogP contribution >= 0.6 is 0 Å². The number of hydrogen-bond acceptors (Lipinski definition) is 5. The summed E-state index contributed by atoms with van der Waals surface area (Å²) < 4.78 is 11.1. The van der Waals surface area contributed by atoms with E-state index in [0.29, 0.717) is 41.3 Å². The van der Waals surface area contributed by atoms with Gasteiger partial charge in [0.2, 0.25) is 5.91 Å². The molecule has 4 rings (SSSR count). The number of anilines is 1.